The molecule has 0 aliphatic carbocycles. The van der Waals surface area contributed by atoms with Gasteiger partial charge in [0.2, 0.25) is 0 Å². The number of nitrogens with two attached hydrogens (primary N) is 1. The quantitative estimate of drug-likeness (QED) is 0.837. The fourth-order valence-corrected chi connectivity index (χ4v) is 2.24. The number of hydrogen-bond donors (Lipinski definition) is 1. The Morgan fingerprint density at radius 1 is 1.26 bits per heavy atom. The minimum absolute atomic E-state index is 0.00691. The first-order valence-electron chi connectivity index (χ1n) is 6.27. The summed E-state index contributed by atoms with van der Waals surface area (Å²) in [6.45, 7) is 2.05. The summed E-state index contributed by atoms with van der Waals surface area (Å²) in [5.41, 5.74) is 6.83. The molecule has 1 heterocycles. The van der Waals surface area contributed by atoms with Gasteiger partial charge in [0.15, 0.2) is 0 Å². The molecule has 0 radical (unpaired) electrons. The number of pyridine rings is 1. The van der Waals surface area contributed by atoms with E-state index < -0.39 is 0 Å². The number of rotatable bonds is 5. The van der Waals surface area contributed by atoms with Gasteiger partial charge in [-0.25, -0.2) is 0 Å². The second-order valence-electron chi connectivity index (χ2n) is 4.19. The van der Waals surface area contributed by atoms with Crippen LogP contribution in [-0.2, 0) is 0 Å². The molecule has 0 amide bonds. The maximum Gasteiger partial charge on any atom is 0.145 e. The zero-order valence-corrected chi connectivity index (χ0v) is 12.0. The van der Waals surface area contributed by atoms with E-state index in [9.17, 15) is 0 Å². The lowest BCUT2D eigenvalue weighted by Gasteiger charge is -2.11. The zero-order chi connectivity index (χ0) is 13.7. The van der Waals surface area contributed by atoms with Gasteiger partial charge >= 0.3 is 0 Å². The van der Waals surface area contributed by atoms with Gasteiger partial charge in [0.05, 0.1) is 11.9 Å². The van der Waals surface area contributed by atoms with Crippen molar-refractivity contribution >= 4 is 11.8 Å². The van der Waals surface area contributed by atoms with Crippen LogP contribution < -0.4 is 10.5 Å². The average Bonchev–Trinajstić information content (AvgIpc) is 2.48. The van der Waals surface area contributed by atoms with Crippen LogP contribution in [0.25, 0.3) is 0 Å². The van der Waals surface area contributed by atoms with E-state index >= 15 is 0 Å². The molecule has 0 bridgehead atoms. The predicted octanol–water partition coefficient (Wildman–Crippen LogP) is 4.01. The van der Waals surface area contributed by atoms with Crippen LogP contribution in [0.3, 0.4) is 0 Å². The van der Waals surface area contributed by atoms with Crippen molar-refractivity contribution in [2.75, 3.05) is 6.26 Å². The second kappa shape index (κ2) is 6.59. The van der Waals surface area contributed by atoms with Gasteiger partial charge in [0.1, 0.15) is 11.5 Å². The lowest BCUT2D eigenvalue weighted by Crippen LogP contribution is -2.10. The van der Waals surface area contributed by atoms with Crippen LogP contribution >= 0.6 is 11.8 Å². The molecule has 1 aromatic heterocycles. The van der Waals surface area contributed by atoms with Crippen molar-refractivity contribution in [2.45, 2.75) is 24.3 Å². The highest BCUT2D eigenvalue weighted by Gasteiger charge is 2.06. The minimum Gasteiger partial charge on any atom is -0.455 e. The number of aromatic nitrogens is 1. The van der Waals surface area contributed by atoms with Crippen molar-refractivity contribution in [2.24, 2.45) is 5.73 Å². The van der Waals surface area contributed by atoms with Crippen LogP contribution in [0.1, 0.15) is 25.1 Å². The van der Waals surface area contributed by atoms with Gasteiger partial charge in [-0.05, 0) is 36.9 Å². The normalized spacial score (nSPS) is 12.2. The Kier molecular flexibility index (Phi) is 4.82. The molecule has 2 N–H and O–H groups in total. The van der Waals surface area contributed by atoms with Crippen molar-refractivity contribution in [1.82, 2.24) is 4.98 Å². The van der Waals surface area contributed by atoms with Crippen LogP contribution in [0, 0.1) is 0 Å². The Balaban J connectivity index is 2.15. The van der Waals surface area contributed by atoms with Gasteiger partial charge in [0.25, 0.3) is 0 Å². The molecule has 0 saturated carbocycles. The van der Waals surface area contributed by atoms with Gasteiger partial charge in [-0.15, -0.1) is 11.8 Å². The number of thioether (sulfide) groups is 1. The first-order chi connectivity index (χ1) is 9.24. The van der Waals surface area contributed by atoms with E-state index in [0.29, 0.717) is 0 Å². The standard InChI is InChI=1S/C15H18N2OS/c1-3-12(16)13-9-8-11(10-17-13)18-14-6-4-5-7-15(14)19-2/h4-10,12H,3,16H2,1-2H3/t12-/m1/s1. The lowest BCUT2D eigenvalue weighted by atomic mass is 10.1. The molecule has 1 aromatic carbocycles. The van der Waals surface area contributed by atoms with E-state index in [1.54, 1.807) is 18.0 Å². The molecule has 0 unspecified atom stereocenters. The summed E-state index contributed by atoms with van der Waals surface area (Å²) in [6, 6.07) is 11.8. The fourth-order valence-electron chi connectivity index (χ4n) is 1.71. The van der Waals surface area contributed by atoms with Crippen LogP contribution in [0.2, 0.25) is 0 Å². The van der Waals surface area contributed by atoms with E-state index in [4.69, 9.17) is 10.5 Å². The largest absolute Gasteiger partial charge is 0.455 e. The third-order valence-electron chi connectivity index (χ3n) is 2.88. The summed E-state index contributed by atoms with van der Waals surface area (Å²) in [4.78, 5) is 5.45. The van der Waals surface area contributed by atoms with E-state index in [0.717, 1.165) is 28.5 Å². The van der Waals surface area contributed by atoms with Crippen LogP contribution in [0.4, 0.5) is 0 Å². The summed E-state index contributed by atoms with van der Waals surface area (Å²) in [7, 11) is 0. The Morgan fingerprint density at radius 2 is 2.05 bits per heavy atom. The fraction of sp³-hybridized carbons (Fsp3) is 0.267. The van der Waals surface area contributed by atoms with E-state index in [1.807, 2.05) is 49.6 Å². The molecular formula is C15H18N2OS. The van der Waals surface area contributed by atoms with Gasteiger partial charge in [-0.2, -0.15) is 0 Å². The summed E-state index contributed by atoms with van der Waals surface area (Å²) < 4.78 is 5.84. The number of para-hydroxylation sites is 1. The van der Waals surface area contributed by atoms with E-state index in [1.165, 1.54) is 0 Å². The first kappa shape index (κ1) is 13.9. The molecule has 0 aliphatic rings. The minimum atomic E-state index is -0.00691. The molecule has 0 saturated heterocycles. The van der Waals surface area contributed by atoms with Crippen LogP contribution in [0.15, 0.2) is 47.5 Å². The van der Waals surface area contributed by atoms with E-state index in [-0.39, 0.29) is 6.04 Å². The van der Waals surface area contributed by atoms with Crippen molar-refractivity contribution in [3.05, 3.63) is 48.3 Å². The summed E-state index contributed by atoms with van der Waals surface area (Å²) >= 11 is 1.66. The maximum absolute atomic E-state index is 5.94. The Bertz CT molecular complexity index is 528. The molecule has 4 heteroatoms. The second-order valence-corrected chi connectivity index (χ2v) is 5.03. The number of benzene rings is 1. The third kappa shape index (κ3) is 3.49. The highest BCUT2D eigenvalue weighted by atomic mass is 32.2. The average molecular weight is 274 g/mol. The SMILES string of the molecule is CC[C@@H](N)c1ccc(Oc2ccccc2SC)cn1. The number of hydrogen-bond acceptors (Lipinski definition) is 4. The highest BCUT2D eigenvalue weighted by Crippen LogP contribution is 2.31. The zero-order valence-electron chi connectivity index (χ0n) is 11.2. The maximum atomic E-state index is 5.94. The Hall–Kier alpha value is -1.52. The molecule has 0 fully saturated rings. The van der Waals surface area contributed by atoms with Crippen LogP contribution in [-0.4, -0.2) is 11.2 Å². The van der Waals surface area contributed by atoms with Gasteiger partial charge in [-0.3, -0.25) is 4.98 Å². The lowest BCUT2D eigenvalue weighted by molar-refractivity contribution is 0.467. The number of nitrogens with zero attached hydrogens (tertiary/aromatic N) is 1. The monoisotopic (exact) mass is 274 g/mol. The molecule has 100 valence electrons. The molecular weight excluding hydrogens is 256 g/mol. The molecule has 3 nitrogen and oxygen atoms in total. The smallest absolute Gasteiger partial charge is 0.145 e. The Morgan fingerprint density at radius 3 is 2.68 bits per heavy atom. The van der Waals surface area contributed by atoms with Gasteiger partial charge in [0, 0.05) is 10.9 Å². The van der Waals surface area contributed by atoms with Gasteiger partial charge < -0.3 is 10.5 Å². The van der Waals surface area contributed by atoms with Gasteiger partial charge in [-0.1, -0.05) is 19.1 Å². The highest BCUT2D eigenvalue weighted by molar-refractivity contribution is 7.98. The molecule has 2 aromatic rings. The molecule has 1 atom stereocenters. The topological polar surface area (TPSA) is 48.1 Å². The van der Waals surface area contributed by atoms with Crippen molar-refractivity contribution < 1.29 is 4.74 Å². The molecule has 0 aliphatic heterocycles. The first-order valence-corrected chi connectivity index (χ1v) is 7.49. The number of ether oxygens (including phenoxy) is 1. The van der Waals surface area contributed by atoms with Crippen molar-refractivity contribution in [1.29, 1.82) is 0 Å². The van der Waals surface area contributed by atoms with E-state index in [2.05, 4.69) is 4.98 Å². The van der Waals surface area contributed by atoms with Crippen molar-refractivity contribution in [3.63, 3.8) is 0 Å². The summed E-state index contributed by atoms with van der Waals surface area (Å²) in [6.07, 6.45) is 4.63. The third-order valence-corrected chi connectivity index (χ3v) is 3.65. The predicted molar refractivity (Wildman–Crippen MR) is 79.8 cm³/mol. The summed E-state index contributed by atoms with van der Waals surface area (Å²) in [5, 5.41) is 0. The Labute approximate surface area is 118 Å². The molecule has 2 rings (SSSR count). The molecule has 0 spiro atoms. The van der Waals surface area contributed by atoms with Crippen LogP contribution in [0.5, 0.6) is 11.5 Å². The molecule has 19 heavy (non-hydrogen) atoms. The van der Waals surface area contributed by atoms with Crippen molar-refractivity contribution in [3.8, 4) is 11.5 Å². The summed E-state index contributed by atoms with van der Waals surface area (Å²) in [5.74, 6) is 1.58.